The predicted molar refractivity (Wildman–Crippen MR) is 264 cm³/mol. The molecule has 4 saturated carbocycles. The maximum atomic E-state index is 14.8. The van der Waals surface area contributed by atoms with Crippen LogP contribution in [0.2, 0.25) is 0 Å². The Labute approximate surface area is 409 Å². The van der Waals surface area contributed by atoms with E-state index in [1.54, 1.807) is 46.8 Å². The van der Waals surface area contributed by atoms with E-state index in [1.807, 2.05) is 30.3 Å². The maximum Gasteiger partial charge on any atom is 0.312 e. The molecule has 3 aromatic rings. The molecule has 10 rings (SSSR count). The highest BCUT2D eigenvalue weighted by Gasteiger charge is 2.54. The monoisotopic (exact) mass is 963 g/mol. The van der Waals surface area contributed by atoms with Crippen molar-refractivity contribution in [3.8, 4) is 23.0 Å². The number of hydrazone groups is 1. The van der Waals surface area contributed by atoms with Gasteiger partial charge in [-0.15, -0.1) is 0 Å². The molecule has 3 heterocycles. The van der Waals surface area contributed by atoms with Gasteiger partial charge in [0, 0.05) is 61.2 Å². The van der Waals surface area contributed by atoms with Crippen LogP contribution in [0.25, 0.3) is 10.8 Å². The number of amides is 1. The van der Waals surface area contributed by atoms with Crippen LogP contribution >= 0.6 is 0 Å². The summed E-state index contributed by atoms with van der Waals surface area (Å²) >= 11 is 0. The van der Waals surface area contributed by atoms with Crippen molar-refractivity contribution in [1.82, 2.24) is 5.01 Å². The number of nitrogens with one attached hydrogen (secondary N) is 1. The fourth-order valence-corrected chi connectivity index (χ4v) is 12.5. The molecule has 3 aliphatic heterocycles. The summed E-state index contributed by atoms with van der Waals surface area (Å²) in [5.41, 5.74) is 0.492. The summed E-state index contributed by atoms with van der Waals surface area (Å²) < 4.78 is 24.0. The number of carbonyl (C=O) groups excluding carboxylic acids is 3. The van der Waals surface area contributed by atoms with Crippen LogP contribution in [0.3, 0.4) is 0 Å². The molecule has 3 aromatic carbocycles. The van der Waals surface area contributed by atoms with Gasteiger partial charge < -0.3 is 49.8 Å². The van der Waals surface area contributed by atoms with E-state index >= 15 is 0 Å². The third-order valence-electron chi connectivity index (χ3n) is 16.1. The summed E-state index contributed by atoms with van der Waals surface area (Å²) in [6.45, 7) is 13.1. The zero-order valence-corrected chi connectivity index (χ0v) is 41.6. The molecule has 15 nitrogen and oxygen atoms in total. The molecule has 1 amide bonds. The molecule has 9 atom stereocenters. The van der Waals surface area contributed by atoms with Gasteiger partial charge in [0.2, 0.25) is 0 Å². The van der Waals surface area contributed by atoms with Gasteiger partial charge in [-0.25, -0.2) is 0 Å². The zero-order chi connectivity index (χ0) is 50.6. The number of ketones is 1. The van der Waals surface area contributed by atoms with Crippen LogP contribution < -0.4 is 10.1 Å². The van der Waals surface area contributed by atoms with Crippen molar-refractivity contribution < 1.29 is 58.9 Å². The number of fused-ring (bicyclic) bond motifs is 14. The summed E-state index contributed by atoms with van der Waals surface area (Å²) in [6.07, 6.45) is 11.6. The van der Waals surface area contributed by atoms with E-state index in [9.17, 15) is 39.9 Å². The molecular weight excluding hydrogens is 895 g/mol. The van der Waals surface area contributed by atoms with Crippen molar-refractivity contribution in [2.24, 2.45) is 46.5 Å². The minimum Gasteiger partial charge on any atom is -0.507 e. The molecule has 9 bridgehead atoms. The fourth-order valence-electron chi connectivity index (χ4n) is 12.5. The van der Waals surface area contributed by atoms with Gasteiger partial charge in [0.15, 0.2) is 5.75 Å². The number of Topliss-reactive ketones (excluding diaryl/α,β-unsaturated/α-hetero) is 1. The number of methoxy groups -OCH3 is 1. The first-order chi connectivity index (χ1) is 33.2. The number of aromatic hydroxyl groups is 3. The topological polar surface area (TPSA) is 217 Å². The van der Waals surface area contributed by atoms with Gasteiger partial charge in [-0.1, -0.05) is 76.3 Å². The van der Waals surface area contributed by atoms with E-state index in [0.717, 1.165) is 24.8 Å². The van der Waals surface area contributed by atoms with Crippen LogP contribution in [-0.4, -0.2) is 97.3 Å². The summed E-state index contributed by atoms with van der Waals surface area (Å²) in [7, 11) is 1.45. The fraction of sp³-hybridized carbons (Fsp3) is 0.527. The molecule has 15 heteroatoms. The number of hydrogen-bond acceptors (Lipinski definition) is 14. The minimum absolute atomic E-state index is 0.0637. The molecule has 0 spiro atoms. The maximum absolute atomic E-state index is 14.8. The number of esters is 1. The molecule has 0 saturated heterocycles. The van der Waals surface area contributed by atoms with E-state index in [-0.39, 0.29) is 50.0 Å². The van der Waals surface area contributed by atoms with Crippen molar-refractivity contribution in [2.45, 2.75) is 136 Å². The Balaban J connectivity index is 1.29. The summed E-state index contributed by atoms with van der Waals surface area (Å²) in [5.74, 6) is -6.60. The van der Waals surface area contributed by atoms with Gasteiger partial charge in [-0.05, 0) is 81.8 Å². The lowest BCUT2D eigenvalue weighted by Gasteiger charge is -2.59. The Hall–Kier alpha value is -5.90. The van der Waals surface area contributed by atoms with Crippen molar-refractivity contribution in [1.29, 1.82) is 0 Å². The van der Waals surface area contributed by atoms with Gasteiger partial charge in [0.05, 0.1) is 65.1 Å². The molecule has 0 aromatic heterocycles. The van der Waals surface area contributed by atoms with Gasteiger partial charge in [-0.2, -0.15) is 5.10 Å². The van der Waals surface area contributed by atoms with Gasteiger partial charge in [0.25, 0.3) is 11.7 Å². The molecular formula is C55H69N3O12. The first kappa shape index (κ1) is 50.5. The Bertz CT molecular complexity index is 2610. The average Bonchev–Trinajstić information content (AvgIpc) is 3.58. The lowest BCUT2D eigenvalue weighted by Crippen LogP contribution is -2.58. The first-order valence-corrected chi connectivity index (χ1v) is 24.6. The predicted octanol–water partition coefficient (Wildman–Crippen LogP) is 8.56. The summed E-state index contributed by atoms with van der Waals surface area (Å²) in [6, 6.07) is 10.0. The summed E-state index contributed by atoms with van der Waals surface area (Å²) in [5, 5.41) is 69.6. The number of aliphatic hydroxyl groups is 2. The molecule has 6 N–H and O–H groups in total. The van der Waals surface area contributed by atoms with Gasteiger partial charge in [-0.3, -0.25) is 19.4 Å². The highest BCUT2D eigenvalue weighted by Crippen LogP contribution is 2.59. The number of ether oxygens (including phenoxy) is 4. The molecule has 0 radical (unpaired) electrons. The lowest BCUT2D eigenvalue weighted by atomic mass is 9.52. The molecule has 376 valence electrons. The molecule has 4 aliphatic carbocycles. The van der Waals surface area contributed by atoms with Crippen LogP contribution in [0.1, 0.15) is 114 Å². The van der Waals surface area contributed by atoms with E-state index < -0.39 is 88.8 Å². The quantitative estimate of drug-likeness (QED) is 0.0431. The molecule has 7 aliphatic rings. The zero-order valence-electron chi connectivity index (χ0n) is 41.6. The van der Waals surface area contributed by atoms with Crippen molar-refractivity contribution in [3.63, 3.8) is 0 Å². The standard InChI is InChI=1S/C55H69N3O12/c1-28-14-13-15-29(2)53(66)57-44-39(26-56-58(27-35-16-11-10-12-17-35)55-23-36-20-37(24-55)22-38(21-36)25-55)48(63)41-42(49(44)64)47(62)33(6)51-43(41)52(65)54(8,70-51)68-19-18-40(67-9)30(3)50(69-34(7)59)32(5)46(61)31(4)45(28)60/h10-19,26,28,30-32,36-38,40,45-46,50,60-64H,20-25,27H2,1-9H3,(H,57,66)/b14-13+,19-18+,29-15-,56-26-/t28-,30+,31+,32+,36?,37?,38?,40-,45-,46+,50+,54-,55?/m0/s1. The average molecular weight is 964 g/mol. The van der Waals surface area contributed by atoms with Gasteiger partial charge >= 0.3 is 11.8 Å². The van der Waals surface area contributed by atoms with Crippen molar-refractivity contribution >= 4 is 40.3 Å². The number of aliphatic hydroxyl groups excluding tert-OH is 2. The third kappa shape index (κ3) is 9.27. The Morgan fingerprint density at radius 2 is 1.53 bits per heavy atom. The van der Waals surface area contributed by atoms with Crippen LogP contribution in [0.4, 0.5) is 5.69 Å². The number of phenols is 3. The first-order valence-electron chi connectivity index (χ1n) is 24.6. The Morgan fingerprint density at radius 1 is 0.886 bits per heavy atom. The number of benzene rings is 3. The lowest BCUT2D eigenvalue weighted by molar-refractivity contribution is -0.160. The number of anilines is 1. The van der Waals surface area contributed by atoms with Crippen molar-refractivity contribution in [3.05, 3.63) is 88.7 Å². The Morgan fingerprint density at radius 3 is 2.14 bits per heavy atom. The number of phenolic OH excluding ortho intramolecular Hbond substituents is 3. The smallest absolute Gasteiger partial charge is 0.312 e. The SMILES string of the molecule is CO[C@H]1/C=C/O[C@@]2(C)Oc3c(C)c(O)c4c(O)c(c(/C=N\N(Cc5ccccc5)C56CC7CC(CC(C7)C5)C6)c(O)c4c3C2=O)NC(=O)/C(C)=C\C=C\[C@H](C)[C@H](O)[C@@H](C)[C@@H](O)[C@@H](C)[C@H](OC(C)=O)[C@@H]1C. The molecule has 0 unspecified atom stereocenters. The van der Waals surface area contributed by atoms with Crippen LogP contribution in [0, 0.1) is 48.3 Å². The second-order valence-electron chi connectivity index (χ2n) is 21.0. The largest absolute Gasteiger partial charge is 0.507 e. The molecule has 4 fully saturated rings. The summed E-state index contributed by atoms with van der Waals surface area (Å²) in [4.78, 5) is 41.5. The number of nitrogens with zero attached hydrogens (tertiary/aromatic N) is 2. The van der Waals surface area contributed by atoms with E-state index in [4.69, 9.17) is 24.0 Å². The number of rotatable bonds is 7. The minimum atomic E-state index is -2.07. The normalized spacial score (nSPS) is 35.0. The van der Waals surface area contributed by atoms with E-state index in [0.29, 0.717) is 24.3 Å². The van der Waals surface area contributed by atoms with Gasteiger partial charge in [0.1, 0.15) is 23.4 Å². The van der Waals surface area contributed by atoms with Crippen LogP contribution in [0.15, 0.2) is 71.6 Å². The number of carbonyl (C=O) groups is 3. The second-order valence-corrected chi connectivity index (χ2v) is 21.0. The third-order valence-corrected chi connectivity index (χ3v) is 16.1. The highest BCUT2D eigenvalue weighted by molar-refractivity contribution is 6.23. The second kappa shape index (κ2) is 19.7. The Kier molecular flexibility index (Phi) is 14.2. The van der Waals surface area contributed by atoms with E-state index in [2.05, 4.69) is 10.3 Å². The number of allylic oxidation sites excluding steroid dienone is 2. The van der Waals surface area contributed by atoms with Crippen LogP contribution in [0.5, 0.6) is 23.0 Å². The molecule has 70 heavy (non-hydrogen) atoms. The number of hydrogen-bond donors (Lipinski definition) is 6. The van der Waals surface area contributed by atoms with E-state index in [1.165, 1.54) is 71.8 Å². The van der Waals surface area contributed by atoms with Crippen LogP contribution in [-0.2, 0) is 30.3 Å². The highest BCUT2D eigenvalue weighted by atomic mass is 16.7. The van der Waals surface area contributed by atoms with Crippen molar-refractivity contribution in [2.75, 3.05) is 12.4 Å².